The van der Waals surface area contributed by atoms with Crippen LogP contribution in [0.4, 0.5) is 5.69 Å². The smallest absolute Gasteiger partial charge is 0.243 e. The van der Waals surface area contributed by atoms with E-state index in [1.807, 2.05) is 61.5 Å². The van der Waals surface area contributed by atoms with E-state index in [4.69, 9.17) is 4.74 Å². The van der Waals surface area contributed by atoms with Crippen LogP contribution in [0.1, 0.15) is 18.4 Å². The van der Waals surface area contributed by atoms with E-state index in [-0.39, 0.29) is 16.7 Å². The lowest BCUT2D eigenvalue weighted by Crippen LogP contribution is -2.41. The van der Waals surface area contributed by atoms with Crippen LogP contribution >= 0.6 is 11.8 Å². The van der Waals surface area contributed by atoms with Crippen molar-refractivity contribution in [1.82, 2.24) is 4.31 Å². The number of carbonyl (C=O) groups is 1. The second-order valence-electron chi connectivity index (χ2n) is 8.21. The van der Waals surface area contributed by atoms with Gasteiger partial charge in [0.2, 0.25) is 15.9 Å². The predicted molar refractivity (Wildman–Crippen MR) is 135 cm³/mol. The third-order valence-electron chi connectivity index (χ3n) is 5.94. The number of anilines is 1. The molecule has 6 nitrogen and oxygen atoms in total. The van der Waals surface area contributed by atoms with Gasteiger partial charge in [0.15, 0.2) is 0 Å². The molecule has 1 saturated heterocycles. The van der Waals surface area contributed by atoms with Crippen molar-refractivity contribution < 1.29 is 17.9 Å². The Morgan fingerprint density at radius 2 is 1.68 bits per heavy atom. The predicted octanol–water partition coefficient (Wildman–Crippen LogP) is 5.19. The van der Waals surface area contributed by atoms with E-state index in [0.29, 0.717) is 31.7 Å². The number of methoxy groups -OCH3 is 1. The van der Waals surface area contributed by atoms with Crippen LogP contribution < -0.4 is 10.1 Å². The Kier molecular flexibility index (Phi) is 7.60. The van der Waals surface area contributed by atoms with Gasteiger partial charge in [-0.25, -0.2) is 8.42 Å². The number of piperidine rings is 1. The Labute approximate surface area is 205 Å². The van der Waals surface area contributed by atoms with Crippen molar-refractivity contribution in [3.05, 3.63) is 78.4 Å². The average Bonchev–Trinajstić information content (AvgIpc) is 2.86. The molecule has 0 radical (unpaired) electrons. The van der Waals surface area contributed by atoms with Gasteiger partial charge < -0.3 is 10.1 Å². The lowest BCUT2D eigenvalue weighted by molar-refractivity contribution is -0.120. The molecule has 3 aromatic carbocycles. The summed E-state index contributed by atoms with van der Waals surface area (Å²) in [5.74, 6) is 0.345. The topological polar surface area (TPSA) is 75.7 Å². The number of nitrogens with one attached hydrogen (secondary N) is 1. The Hall–Kier alpha value is -2.81. The van der Waals surface area contributed by atoms with Crippen molar-refractivity contribution in [2.45, 2.75) is 34.5 Å². The minimum absolute atomic E-state index is 0.0709. The minimum Gasteiger partial charge on any atom is -0.496 e. The maximum Gasteiger partial charge on any atom is 0.243 e. The van der Waals surface area contributed by atoms with E-state index in [9.17, 15) is 13.2 Å². The van der Waals surface area contributed by atoms with Gasteiger partial charge in [-0.15, -0.1) is 0 Å². The molecule has 0 bridgehead atoms. The lowest BCUT2D eigenvalue weighted by atomic mass is 9.97. The maximum atomic E-state index is 13.1. The van der Waals surface area contributed by atoms with E-state index >= 15 is 0 Å². The van der Waals surface area contributed by atoms with Gasteiger partial charge in [0, 0.05) is 28.8 Å². The zero-order chi connectivity index (χ0) is 24.1. The third kappa shape index (κ3) is 5.46. The summed E-state index contributed by atoms with van der Waals surface area (Å²) in [6, 6.07) is 22.6. The van der Waals surface area contributed by atoms with Crippen LogP contribution in [0.2, 0.25) is 0 Å². The van der Waals surface area contributed by atoms with Gasteiger partial charge in [-0.2, -0.15) is 4.31 Å². The number of aryl methyl sites for hydroxylation is 1. The first-order valence-electron chi connectivity index (χ1n) is 11.2. The molecule has 4 rings (SSSR count). The molecule has 1 aliphatic heterocycles. The summed E-state index contributed by atoms with van der Waals surface area (Å²) < 4.78 is 32.9. The zero-order valence-electron chi connectivity index (χ0n) is 19.2. The van der Waals surface area contributed by atoms with Crippen molar-refractivity contribution in [3.8, 4) is 5.75 Å². The van der Waals surface area contributed by atoms with Crippen molar-refractivity contribution in [3.63, 3.8) is 0 Å². The summed E-state index contributed by atoms with van der Waals surface area (Å²) >= 11 is 1.60. The van der Waals surface area contributed by atoms with E-state index in [0.717, 1.165) is 21.0 Å². The molecule has 1 heterocycles. The minimum atomic E-state index is -3.62. The number of benzene rings is 3. The van der Waals surface area contributed by atoms with Crippen molar-refractivity contribution in [2.24, 2.45) is 5.92 Å². The molecule has 8 heteroatoms. The summed E-state index contributed by atoms with van der Waals surface area (Å²) in [6.07, 6.45) is 0.961. The Morgan fingerprint density at radius 1 is 1.00 bits per heavy atom. The fourth-order valence-electron chi connectivity index (χ4n) is 4.03. The molecule has 1 fully saturated rings. The molecule has 0 aromatic heterocycles. The number of para-hydroxylation sites is 1. The second-order valence-corrected chi connectivity index (χ2v) is 11.3. The van der Waals surface area contributed by atoms with Gasteiger partial charge in [-0.3, -0.25) is 4.79 Å². The number of ether oxygens (including phenoxy) is 1. The summed E-state index contributed by atoms with van der Waals surface area (Å²) in [4.78, 5) is 15.3. The first-order valence-corrected chi connectivity index (χ1v) is 13.4. The molecule has 0 saturated carbocycles. The van der Waals surface area contributed by atoms with Gasteiger partial charge in [0.25, 0.3) is 0 Å². The molecule has 34 heavy (non-hydrogen) atoms. The van der Waals surface area contributed by atoms with E-state index < -0.39 is 10.0 Å². The average molecular weight is 497 g/mol. The summed E-state index contributed by atoms with van der Waals surface area (Å²) in [7, 11) is -2.06. The number of carbonyl (C=O) groups excluding carboxylic acids is 1. The Morgan fingerprint density at radius 3 is 2.35 bits per heavy atom. The molecule has 0 spiro atoms. The first-order chi connectivity index (χ1) is 16.4. The van der Waals surface area contributed by atoms with Crippen LogP contribution in [0.25, 0.3) is 0 Å². The SMILES string of the molecule is COc1ccc(S(=O)(=O)N2CCC(C(=O)Nc3ccccc3Sc3ccccc3)CC2)cc1C. The molecule has 0 aliphatic carbocycles. The highest BCUT2D eigenvalue weighted by atomic mass is 32.2. The molecular formula is C26H28N2O4S2. The van der Waals surface area contributed by atoms with Crippen LogP contribution in [-0.2, 0) is 14.8 Å². The highest BCUT2D eigenvalue weighted by Gasteiger charge is 2.32. The molecule has 0 unspecified atom stereocenters. The van der Waals surface area contributed by atoms with Crippen LogP contribution in [0.3, 0.4) is 0 Å². The van der Waals surface area contributed by atoms with Gasteiger partial charge >= 0.3 is 0 Å². The summed E-state index contributed by atoms with van der Waals surface area (Å²) in [5, 5.41) is 3.06. The zero-order valence-corrected chi connectivity index (χ0v) is 20.9. The standard InChI is InChI=1S/C26H28N2O4S2/c1-19-18-22(12-13-24(19)32-2)34(30,31)28-16-14-20(15-17-28)26(29)27-23-10-6-7-11-25(23)33-21-8-4-3-5-9-21/h3-13,18,20H,14-17H2,1-2H3,(H,27,29). The quantitative estimate of drug-likeness (QED) is 0.487. The fourth-order valence-corrected chi connectivity index (χ4v) is 6.51. The van der Waals surface area contributed by atoms with Crippen molar-refractivity contribution >= 4 is 33.4 Å². The number of hydrogen-bond donors (Lipinski definition) is 1. The summed E-state index contributed by atoms with van der Waals surface area (Å²) in [5.41, 5.74) is 1.54. The lowest BCUT2D eigenvalue weighted by Gasteiger charge is -2.30. The number of rotatable bonds is 7. The highest BCUT2D eigenvalue weighted by Crippen LogP contribution is 2.34. The number of amides is 1. The maximum absolute atomic E-state index is 13.1. The number of nitrogens with zero attached hydrogens (tertiary/aromatic N) is 1. The van der Waals surface area contributed by atoms with Crippen LogP contribution in [-0.4, -0.2) is 38.8 Å². The normalized spacial score (nSPS) is 15.1. The monoisotopic (exact) mass is 496 g/mol. The van der Waals surface area contributed by atoms with Crippen molar-refractivity contribution in [1.29, 1.82) is 0 Å². The molecule has 3 aromatic rings. The molecule has 178 valence electrons. The van der Waals surface area contributed by atoms with Gasteiger partial charge in [-0.1, -0.05) is 42.1 Å². The van der Waals surface area contributed by atoms with E-state index in [1.54, 1.807) is 37.1 Å². The van der Waals surface area contributed by atoms with Crippen LogP contribution in [0.15, 0.2) is 87.5 Å². The van der Waals surface area contributed by atoms with Crippen LogP contribution in [0, 0.1) is 12.8 Å². The fraction of sp³-hybridized carbons (Fsp3) is 0.269. The molecule has 0 atom stereocenters. The van der Waals surface area contributed by atoms with Gasteiger partial charge in [0.05, 0.1) is 17.7 Å². The Balaban J connectivity index is 1.39. The molecule has 1 aliphatic rings. The van der Waals surface area contributed by atoms with Crippen LogP contribution in [0.5, 0.6) is 5.75 Å². The molecular weight excluding hydrogens is 468 g/mol. The molecule has 1 N–H and O–H groups in total. The Bertz CT molecular complexity index is 1250. The van der Waals surface area contributed by atoms with E-state index in [2.05, 4.69) is 5.32 Å². The van der Waals surface area contributed by atoms with Gasteiger partial charge in [0.1, 0.15) is 5.75 Å². The highest BCUT2D eigenvalue weighted by molar-refractivity contribution is 7.99. The largest absolute Gasteiger partial charge is 0.496 e. The first kappa shape index (κ1) is 24.3. The van der Waals surface area contributed by atoms with Crippen molar-refractivity contribution in [2.75, 3.05) is 25.5 Å². The number of sulfonamides is 1. The summed E-state index contributed by atoms with van der Waals surface area (Å²) in [6.45, 7) is 2.44. The molecule has 1 amide bonds. The van der Waals surface area contributed by atoms with Gasteiger partial charge in [-0.05, 0) is 67.8 Å². The third-order valence-corrected chi connectivity index (χ3v) is 8.92. The van der Waals surface area contributed by atoms with E-state index in [1.165, 1.54) is 4.31 Å². The number of hydrogen-bond acceptors (Lipinski definition) is 5. The second kappa shape index (κ2) is 10.6.